The summed E-state index contributed by atoms with van der Waals surface area (Å²) in [4.78, 5) is 4.18. The summed E-state index contributed by atoms with van der Waals surface area (Å²) in [5.41, 5.74) is 7.50. The summed E-state index contributed by atoms with van der Waals surface area (Å²) < 4.78 is 5.67. The van der Waals surface area contributed by atoms with E-state index in [1.54, 1.807) is 6.07 Å². The zero-order valence-corrected chi connectivity index (χ0v) is 10.9. The summed E-state index contributed by atoms with van der Waals surface area (Å²) >= 11 is 6.05. The average Bonchev–Trinajstić information content (AvgIpc) is 2.38. The van der Waals surface area contributed by atoms with Crippen molar-refractivity contribution in [1.29, 1.82) is 0 Å². The minimum absolute atomic E-state index is 0.399. The standard InChI is InChI=1S/C14H15ClN2O/c1-2-10-8-12(6-7-13(10)15)18-9-11-4-3-5-14(16)17-11/h3-8H,2,9H2,1H3,(H2,16,17). The Labute approximate surface area is 112 Å². The molecule has 1 aromatic carbocycles. The summed E-state index contributed by atoms with van der Waals surface area (Å²) in [6, 6.07) is 11.2. The van der Waals surface area contributed by atoms with E-state index < -0.39 is 0 Å². The van der Waals surface area contributed by atoms with Crippen LogP contribution in [0.15, 0.2) is 36.4 Å². The molecule has 94 valence electrons. The molecule has 2 N–H and O–H groups in total. The third-order valence-corrected chi connectivity index (χ3v) is 2.98. The fraction of sp³-hybridized carbons (Fsp3) is 0.214. The van der Waals surface area contributed by atoms with Crippen molar-refractivity contribution in [2.45, 2.75) is 20.0 Å². The lowest BCUT2D eigenvalue weighted by Crippen LogP contribution is -2.00. The molecular formula is C14H15ClN2O. The molecule has 0 unspecified atom stereocenters. The zero-order valence-electron chi connectivity index (χ0n) is 10.2. The van der Waals surface area contributed by atoms with Gasteiger partial charge < -0.3 is 10.5 Å². The quantitative estimate of drug-likeness (QED) is 0.918. The average molecular weight is 263 g/mol. The molecule has 0 saturated heterocycles. The first-order valence-corrected chi connectivity index (χ1v) is 6.19. The summed E-state index contributed by atoms with van der Waals surface area (Å²) in [5.74, 6) is 1.29. The summed E-state index contributed by atoms with van der Waals surface area (Å²) in [5, 5.41) is 0.770. The highest BCUT2D eigenvalue weighted by Crippen LogP contribution is 2.23. The van der Waals surface area contributed by atoms with Crippen molar-refractivity contribution in [2.75, 3.05) is 5.73 Å². The number of aryl methyl sites for hydroxylation is 1. The van der Waals surface area contributed by atoms with Crippen molar-refractivity contribution in [3.63, 3.8) is 0 Å². The van der Waals surface area contributed by atoms with E-state index in [9.17, 15) is 0 Å². The van der Waals surface area contributed by atoms with Crippen molar-refractivity contribution < 1.29 is 4.74 Å². The van der Waals surface area contributed by atoms with Crippen LogP contribution in [0.5, 0.6) is 5.75 Å². The van der Waals surface area contributed by atoms with Crippen molar-refractivity contribution in [3.8, 4) is 5.75 Å². The van der Waals surface area contributed by atoms with Crippen LogP contribution >= 0.6 is 11.6 Å². The number of anilines is 1. The van der Waals surface area contributed by atoms with Gasteiger partial charge in [-0.15, -0.1) is 0 Å². The Kier molecular flexibility index (Phi) is 4.05. The van der Waals surface area contributed by atoms with Crippen LogP contribution in [-0.4, -0.2) is 4.98 Å². The third-order valence-electron chi connectivity index (χ3n) is 2.61. The highest BCUT2D eigenvalue weighted by Gasteiger charge is 2.02. The largest absolute Gasteiger partial charge is 0.487 e. The lowest BCUT2D eigenvalue weighted by Gasteiger charge is -2.08. The lowest BCUT2D eigenvalue weighted by atomic mass is 10.1. The van der Waals surface area contributed by atoms with Crippen LogP contribution in [0.3, 0.4) is 0 Å². The van der Waals surface area contributed by atoms with Crippen LogP contribution in [0, 0.1) is 0 Å². The number of ether oxygens (including phenoxy) is 1. The van der Waals surface area contributed by atoms with Gasteiger partial charge in [0.2, 0.25) is 0 Å². The molecule has 1 heterocycles. The lowest BCUT2D eigenvalue weighted by molar-refractivity contribution is 0.301. The minimum Gasteiger partial charge on any atom is -0.487 e. The van der Waals surface area contributed by atoms with Crippen LogP contribution in [-0.2, 0) is 13.0 Å². The maximum absolute atomic E-state index is 6.05. The summed E-state index contributed by atoms with van der Waals surface area (Å²) in [6.07, 6.45) is 0.882. The van der Waals surface area contributed by atoms with Gasteiger partial charge in [0.05, 0.1) is 5.69 Å². The van der Waals surface area contributed by atoms with E-state index in [1.807, 2.05) is 30.3 Å². The molecule has 1 aromatic heterocycles. The van der Waals surface area contributed by atoms with Gasteiger partial charge in [0, 0.05) is 5.02 Å². The summed E-state index contributed by atoms with van der Waals surface area (Å²) in [7, 11) is 0. The Morgan fingerprint density at radius 3 is 2.83 bits per heavy atom. The zero-order chi connectivity index (χ0) is 13.0. The predicted molar refractivity (Wildman–Crippen MR) is 73.8 cm³/mol. The van der Waals surface area contributed by atoms with Gasteiger partial charge in [-0.1, -0.05) is 24.6 Å². The molecule has 0 spiro atoms. The molecule has 18 heavy (non-hydrogen) atoms. The van der Waals surface area contributed by atoms with Gasteiger partial charge in [-0.25, -0.2) is 4.98 Å². The Hall–Kier alpha value is -1.74. The van der Waals surface area contributed by atoms with Gasteiger partial charge in [-0.05, 0) is 42.3 Å². The molecule has 0 aliphatic rings. The smallest absolute Gasteiger partial charge is 0.130 e. The highest BCUT2D eigenvalue weighted by atomic mass is 35.5. The fourth-order valence-electron chi connectivity index (χ4n) is 1.65. The van der Waals surface area contributed by atoms with E-state index in [0.717, 1.165) is 28.5 Å². The monoisotopic (exact) mass is 262 g/mol. The van der Waals surface area contributed by atoms with E-state index in [4.69, 9.17) is 22.1 Å². The number of hydrogen-bond acceptors (Lipinski definition) is 3. The van der Waals surface area contributed by atoms with Crippen LogP contribution < -0.4 is 10.5 Å². The van der Waals surface area contributed by atoms with Gasteiger partial charge in [0.25, 0.3) is 0 Å². The first-order chi connectivity index (χ1) is 8.69. The maximum atomic E-state index is 6.05. The van der Waals surface area contributed by atoms with Crippen molar-refractivity contribution in [3.05, 3.63) is 52.7 Å². The second-order valence-corrected chi connectivity index (χ2v) is 4.36. The van der Waals surface area contributed by atoms with Crippen LogP contribution in [0.4, 0.5) is 5.82 Å². The van der Waals surface area contributed by atoms with Gasteiger partial charge >= 0.3 is 0 Å². The molecule has 0 saturated carbocycles. The molecule has 0 fully saturated rings. The Bertz CT molecular complexity index is 543. The topological polar surface area (TPSA) is 48.1 Å². The number of benzene rings is 1. The molecule has 0 atom stereocenters. The van der Waals surface area contributed by atoms with Gasteiger partial charge in [0.1, 0.15) is 18.2 Å². The Morgan fingerprint density at radius 1 is 1.28 bits per heavy atom. The maximum Gasteiger partial charge on any atom is 0.130 e. The van der Waals surface area contributed by atoms with E-state index in [0.29, 0.717) is 12.4 Å². The number of aromatic nitrogens is 1. The first-order valence-electron chi connectivity index (χ1n) is 5.81. The normalized spacial score (nSPS) is 10.3. The van der Waals surface area contributed by atoms with Gasteiger partial charge in [-0.2, -0.15) is 0 Å². The van der Waals surface area contributed by atoms with Gasteiger partial charge in [-0.3, -0.25) is 0 Å². The second kappa shape index (κ2) is 5.74. The predicted octanol–water partition coefficient (Wildman–Crippen LogP) is 3.46. The number of halogens is 1. The molecular weight excluding hydrogens is 248 g/mol. The van der Waals surface area contributed by atoms with Crippen molar-refractivity contribution in [1.82, 2.24) is 4.98 Å². The molecule has 0 aliphatic heterocycles. The molecule has 4 heteroatoms. The molecule has 0 radical (unpaired) electrons. The highest BCUT2D eigenvalue weighted by molar-refractivity contribution is 6.31. The molecule has 3 nitrogen and oxygen atoms in total. The molecule has 2 rings (SSSR count). The Morgan fingerprint density at radius 2 is 2.11 bits per heavy atom. The van der Waals surface area contributed by atoms with Crippen LogP contribution in [0.1, 0.15) is 18.2 Å². The molecule has 0 bridgehead atoms. The van der Waals surface area contributed by atoms with E-state index in [1.165, 1.54) is 0 Å². The van der Waals surface area contributed by atoms with E-state index >= 15 is 0 Å². The number of rotatable bonds is 4. The molecule has 0 amide bonds. The number of nitrogens with zero attached hydrogens (tertiary/aromatic N) is 1. The van der Waals surface area contributed by atoms with E-state index in [-0.39, 0.29) is 0 Å². The van der Waals surface area contributed by atoms with Crippen LogP contribution in [0.25, 0.3) is 0 Å². The number of hydrogen-bond donors (Lipinski definition) is 1. The minimum atomic E-state index is 0.399. The SMILES string of the molecule is CCc1cc(OCc2cccc(N)n2)ccc1Cl. The van der Waals surface area contributed by atoms with Crippen molar-refractivity contribution in [2.24, 2.45) is 0 Å². The summed E-state index contributed by atoms with van der Waals surface area (Å²) in [6.45, 7) is 2.46. The molecule has 0 aliphatic carbocycles. The number of pyridine rings is 1. The Balaban J connectivity index is 2.06. The van der Waals surface area contributed by atoms with Gasteiger partial charge in [0.15, 0.2) is 0 Å². The molecule has 2 aromatic rings. The fourth-order valence-corrected chi connectivity index (χ4v) is 1.90. The third kappa shape index (κ3) is 3.14. The number of nitrogen functional groups attached to an aromatic ring is 1. The van der Waals surface area contributed by atoms with Crippen LogP contribution in [0.2, 0.25) is 5.02 Å². The number of nitrogens with two attached hydrogens (primary N) is 1. The first kappa shape index (κ1) is 12.7. The second-order valence-electron chi connectivity index (χ2n) is 3.95. The van der Waals surface area contributed by atoms with Crippen molar-refractivity contribution >= 4 is 17.4 Å². The van der Waals surface area contributed by atoms with E-state index in [2.05, 4.69) is 11.9 Å².